The molecule has 0 unspecified atom stereocenters. The van der Waals surface area contributed by atoms with Crippen molar-refractivity contribution in [1.29, 1.82) is 0 Å². The first-order valence-electron chi connectivity index (χ1n) is 6.53. The second-order valence-electron chi connectivity index (χ2n) is 6.25. The van der Waals surface area contributed by atoms with Crippen LogP contribution in [0.15, 0.2) is 12.5 Å². The lowest BCUT2D eigenvalue weighted by Crippen LogP contribution is -2.40. The van der Waals surface area contributed by atoms with E-state index < -0.39 is 8.32 Å². The fourth-order valence-corrected chi connectivity index (χ4v) is 2.29. The Kier molecular flexibility index (Phi) is 4.98. The number of ether oxygens (including phenoxy) is 1. The predicted octanol–water partition coefficient (Wildman–Crippen LogP) is 3.56. The van der Waals surface area contributed by atoms with Crippen molar-refractivity contribution >= 4 is 14.4 Å². The predicted molar refractivity (Wildman–Crippen MR) is 81.2 cm³/mol. The Morgan fingerprint density at radius 2 is 2.00 bits per heavy atom. The molecule has 5 heteroatoms. The normalized spacial score (nSPS) is 13.2. The molecule has 0 amide bonds. The van der Waals surface area contributed by atoms with E-state index in [-0.39, 0.29) is 5.04 Å². The van der Waals surface area contributed by atoms with Gasteiger partial charge in [-0.05, 0) is 18.1 Å². The van der Waals surface area contributed by atoms with Gasteiger partial charge in [0.15, 0.2) is 8.32 Å². The van der Waals surface area contributed by atoms with Crippen molar-refractivity contribution in [1.82, 2.24) is 9.55 Å². The van der Waals surface area contributed by atoms with E-state index in [0.29, 0.717) is 6.61 Å². The first-order chi connectivity index (χ1) is 8.69. The monoisotopic (exact) mass is 282 g/mol. The van der Waals surface area contributed by atoms with Gasteiger partial charge in [-0.1, -0.05) is 20.8 Å². The van der Waals surface area contributed by atoms with Gasteiger partial charge in [-0.15, -0.1) is 0 Å². The molecule has 108 valence electrons. The SMILES string of the molecule is CO/C=C/c1ncc(CO[Si](C)(C)C(C)(C)C)n1C. The molecule has 1 aromatic heterocycles. The summed E-state index contributed by atoms with van der Waals surface area (Å²) in [5, 5.41) is 0.227. The first-order valence-corrected chi connectivity index (χ1v) is 9.44. The molecule has 1 heterocycles. The van der Waals surface area contributed by atoms with E-state index in [0.717, 1.165) is 11.5 Å². The highest BCUT2D eigenvalue weighted by molar-refractivity contribution is 6.74. The van der Waals surface area contributed by atoms with Crippen molar-refractivity contribution in [3.05, 3.63) is 24.0 Å². The highest BCUT2D eigenvalue weighted by atomic mass is 28.4. The lowest BCUT2D eigenvalue weighted by molar-refractivity contribution is 0.268. The Labute approximate surface area is 117 Å². The van der Waals surface area contributed by atoms with Crippen LogP contribution in [0.25, 0.3) is 6.08 Å². The third-order valence-electron chi connectivity index (χ3n) is 3.86. The molecule has 4 nitrogen and oxygen atoms in total. The van der Waals surface area contributed by atoms with Crippen LogP contribution in [0.5, 0.6) is 0 Å². The van der Waals surface area contributed by atoms with Gasteiger partial charge in [0.05, 0.1) is 31.9 Å². The molecule has 0 saturated heterocycles. The van der Waals surface area contributed by atoms with Crippen LogP contribution in [0.1, 0.15) is 32.3 Å². The minimum absolute atomic E-state index is 0.227. The number of aromatic nitrogens is 2. The van der Waals surface area contributed by atoms with Crippen LogP contribution in [0.2, 0.25) is 18.1 Å². The van der Waals surface area contributed by atoms with Crippen molar-refractivity contribution in [3.63, 3.8) is 0 Å². The molecule has 0 bridgehead atoms. The van der Waals surface area contributed by atoms with Crippen molar-refractivity contribution in [2.75, 3.05) is 7.11 Å². The molecule has 0 aliphatic rings. The number of hydrogen-bond donors (Lipinski definition) is 0. The quantitative estimate of drug-likeness (QED) is 0.612. The molecule has 1 aromatic rings. The van der Waals surface area contributed by atoms with Crippen LogP contribution in [-0.4, -0.2) is 25.0 Å². The number of rotatable bonds is 5. The second kappa shape index (κ2) is 5.92. The molecule has 1 rings (SSSR count). The molecule has 0 saturated carbocycles. The minimum atomic E-state index is -1.71. The van der Waals surface area contributed by atoms with Crippen LogP contribution in [0.3, 0.4) is 0 Å². The standard InChI is InChI=1S/C14H26N2O2Si/c1-14(2,3)19(6,7)18-11-12-10-15-13(16(12)4)8-9-17-5/h8-10H,11H2,1-7H3/b9-8+. The van der Waals surface area contributed by atoms with Crippen LogP contribution in [0.4, 0.5) is 0 Å². The van der Waals surface area contributed by atoms with Crippen molar-refractivity contribution < 1.29 is 9.16 Å². The van der Waals surface area contributed by atoms with E-state index in [9.17, 15) is 0 Å². The maximum atomic E-state index is 6.20. The van der Waals surface area contributed by atoms with E-state index in [4.69, 9.17) is 9.16 Å². The van der Waals surface area contributed by atoms with E-state index in [1.54, 1.807) is 13.4 Å². The number of methoxy groups -OCH3 is 1. The summed E-state index contributed by atoms with van der Waals surface area (Å²) in [5.41, 5.74) is 1.08. The maximum absolute atomic E-state index is 6.20. The van der Waals surface area contributed by atoms with Crippen molar-refractivity contribution in [2.45, 2.75) is 45.5 Å². The van der Waals surface area contributed by atoms with Gasteiger partial charge >= 0.3 is 0 Å². The summed E-state index contributed by atoms with van der Waals surface area (Å²) in [7, 11) is 1.91. The first kappa shape index (κ1) is 16.0. The summed E-state index contributed by atoms with van der Waals surface area (Å²) in [5.74, 6) is 0.871. The summed E-state index contributed by atoms with van der Waals surface area (Å²) < 4.78 is 13.1. The van der Waals surface area contributed by atoms with Gasteiger partial charge in [0.1, 0.15) is 5.82 Å². The molecule has 0 N–H and O–H groups in total. The molecular formula is C14H26N2O2Si. The van der Waals surface area contributed by atoms with Gasteiger partial charge in [-0.3, -0.25) is 0 Å². The fraction of sp³-hybridized carbons (Fsp3) is 0.643. The molecule has 0 aliphatic carbocycles. The Morgan fingerprint density at radius 1 is 1.37 bits per heavy atom. The minimum Gasteiger partial charge on any atom is -0.504 e. The molecular weight excluding hydrogens is 256 g/mol. The molecule has 0 spiro atoms. The van der Waals surface area contributed by atoms with Gasteiger partial charge in [-0.2, -0.15) is 0 Å². The zero-order valence-corrected chi connectivity index (χ0v) is 14.2. The average molecular weight is 282 g/mol. The van der Waals surface area contributed by atoms with Crippen LogP contribution in [0, 0.1) is 0 Å². The second-order valence-corrected chi connectivity index (χ2v) is 11.1. The highest BCUT2D eigenvalue weighted by Crippen LogP contribution is 2.37. The fourth-order valence-electron chi connectivity index (χ4n) is 1.35. The summed E-state index contributed by atoms with van der Waals surface area (Å²) in [6.07, 6.45) is 5.33. The van der Waals surface area contributed by atoms with Crippen molar-refractivity contribution in [3.8, 4) is 0 Å². The molecule has 0 radical (unpaired) electrons. The Balaban J connectivity index is 2.74. The van der Waals surface area contributed by atoms with Gasteiger partial charge in [0.2, 0.25) is 0 Å². The van der Waals surface area contributed by atoms with Gasteiger partial charge in [0.25, 0.3) is 0 Å². The molecule has 0 aromatic carbocycles. The maximum Gasteiger partial charge on any atom is 0.192 e. The molecule has 19 heavy (non-hydrogen) atoms. The molecule has 0 atom stereocenters. The largest absolute Gasteiger partial charge is 0.504 e. The Morgan fingerprint density at radius 3 is 2.53 bits per heavy atom. The summed E-state index contributed by atoms with van der Waals surface area (Å²) in [6, 6.07) is 0. The highest BCUT2D eigenvalue weighted by Gasteiger charge is 2.37. The Hall–Kier alpha value is -1.07. The van der Waals surface area contributed by atoms with E-state index in [1.807, 2.05) is 23.9 Å². The average Bonchev–Trinajstić information content (AvgIpc) is 2.64. The number of nitrogens with zero attached hydrogens (tertiary/aromatic N) is 2. The van der Waals surface area contributed by atoms with E-state index in [1.165, 1.54) is 0 Å². The molecule has 0 aliphatic heterocycles. The Bertz CT molecular complexity index is 445. The topological polar surface area (TPSA) is 36.3 Å². The third kappa shape index (κ3) is 3.94. The lowest BCUT2D eigenvalue weighted by Gasteiger charge is -2.36. The van der Waals surface area contributed by atoms with Gasteiger partial charge in [-0.25, -0.2) is 4.98 Å². The van der Waals surface area contributed by atoms with Gasteiger partial charge < -0.3 is 13.7 Å². The summed E-state index contributed by atoms with van der Waals surface area (Å²) in [4.78, 5) is 4.35. The van der Waals surface area contributed by atoms with Crippen molar-refractivity contribution in [2.24, 2.45) is 7.05 Å². The third-order valence-corrected chi connectivity index (χ3v) is 8.34. The number of hydrogen-bond acceptors (Lipinski definition) is 3. The van der Waals surface area contributed by atoms with Gasteiger partial charge in [0, 0.05) is 13.1 Å². The van der Waals surface area contributed by atoms with Crippen LogP contribution in [-0.2, 0) is 22.8 Å². The zero-order valence-electron chi connectivity index (χ0n) is 13.2. The van der Waals surface area contributed by atoms with Crippen LogP contribution >= 0.6 is 0 Å². The lowest BCUT2D eigenvalue weighted by atomic mass is 10.2. The summed E-state index contributed by atoms with van der Waals surface area (Å²) in [6.45, 7) is 11.9. The molecule has 0 fully saturated rings. The smallest absolute Gasteiger partial charge is 0.192 e. The summed E-state index contributed by atoms with van der Waals surface area (Å²) >= 11 is 0. The number of imidazole rings is 1. The zero-order chi connectivity index (χ0) is 14.7. The van der Waals surface area contributed by atoms with Crippen LogP contribution < -0.4 is 0 Å². The van der Waals surface area contributed by atoms with E-state index in [2.05, 4.69) is 38.8 Å². The van der Waals surface area contributed by atoms with E-state index >= 15 is 0 Å².